The Labute approximate surface area is 152 Å². The van der Waals surface area contributed by atoms with Gasteiger partial charge in [-0.25, -0.2) is 0 Å². The number of benzene rings is 2. The molecule has 0 aliphatic heterocycles. The van der Waals surface area contributed by atoms with Gasteiger partial charge < -0.3 is 9.13 Å². The zero-order chi connectivity index (χ0) is 17.2. The minimum Gasteiger partial charge on any atom is -0.318 e. The van der Waals surface area contributed by atoms with E-state index in [4.69, 9.17) is 0 Å². The molecule has 0 aliphatic carbocycles. The van der Waals surface area contributed by atoms with Gasteiger partial charge in [-0.3, -0.25) is 10.9 Å². The quantitative estimate of drug-likeness (QED) is 0.329. The third kappa shape index (κ3) is 3.06. The third-order valence-electron chi connectivity index (χ3n) is 3.94. The van der Waals surface area contributed by atoms with Gasteiger partial charge in [-0.05, 0) is 24.3 Å². The highest BCUT2D eigenvalue weighted by Crippen LogP contribution is 2.15. The molecule has 0 spiro atoms. The lowest BCUT2D eigenvalue weighted by Crippen LogP contribution is -2.27. The fourth-order valence-corrected chi connectivity index (χ4v) is 4.62. The van der Waals surface area contributed by atoms with Gasteiger partial charge in [0.2, 0.25) is 9.60 Å². The SMILES string of the molecule is Cn1c(=NNCNN=c2sc3ccccc3n2C)sc2ccccc21. The van der Waals surface area contributed by atoms with Gasteiger partial charge in [0.1, 0.15) is 6.67 Å². The van der Waals surface area contributed by atoms with E-state index in [1.54, 1.807) is 22.7 Å². The molecule has 0 saturated heterocycles. The Kier molecular flexibility index (Phi) is 4.29. The first kappa shape index (κ1) is 15.9. The lowest BCUT2D eigenvalue weighted by molar-refractivity contribution is 0.595. The Morgan fingerprint density at radius 2 is 1.20 bits per heavy atom. The zero-order valence-corrected chi connectivity index (χ0v) is 15.6. The molecule has 8 heteroatoms. The molecule has 4 aromatic rings. The number of aromatic nitrogens is 2. The summed E-state index contributed by atoms with van der Waals surface area (Å²) in [6.07, 6.45) is 0. The minimum atomic E-state index is 0.461. The highest BCUT2D eigenvalue weighted by atomic mass is 32.1. The van der Waals surface area contributed by atoms with Crippen molar-refractivity contribution in [3.05, 3.63) is 58.1 Å². The minimum absolute atomic E-state index is 0.461. The van der Waals surface area contributed by atoms with Crippen molar-refractivity contribution in [3.8, 4) is 0 Å². The van der Waals surface area contributed by atoms with Crippen LogP contribution >= 0.6 is 22.7 Å². The van der Waals surface area contributed by atoms with E-state index in [0.29, 0.717) is 6.67 Å². The van der Waals surface area contributed by atoms with E-state index in [9.17, 15) is 0 Å². The first-order chi connectivity index (χ1) is 12.2. The van der Waals surface area contributed by atoms with Crippen molar-refractivity contribution in [2.45, 2.75) is 0 Å². The van der Waals surface area contributed by atoms with Crippen molar-refractivity contribution in [1.82, 2.24) is 20.0 Å². The summed E-state index contributed by atoms with van der Waals surface area (Å²) in [6, 6.07) is 16.6. The lowest BCUT2D eigenvalue weighted by Gasteiger charge is -1.99. The van der Waals surface area contributed by atoms with Gasteiger partial charge in [-0.2, -0.15) is 0 Å². The maximum absolute atomic E-state index is 4.44. The number of rotatable bonds is 4. The van der Waals surface area contributed by atoms with Crippen LogP contribution in [0.15, 0.2) is 58.7 Å². The van der Waals surface area contributed by atoms with Gasteiger partial charge in [0.05, 0.1) is 20.4 Å². The standard InChI is InChI=1S/C17H18N6S2/c1-22-12-7-3-5-9-14(12)24-16(22)20-18-11-19-21-17-23(2)13-8-4-6-10-15(13)25-17/h3-10,18-19H,11H2,1-2H3. The Balaban J connectivity index is 1.48. The smallest absolute Gasteiger partial charge is 0.208 e. The van der Waals surface area contributed by atoms with Crippen LogP contribution < -0.4 is 20.5 Å². The van der Waals surface area contributed by atoms with E-state index in [-0.39, 0.29) is 0 Å². The number of hydrogen-bond donors (Lipinski definition) is 2. The summed E-state index contributed by atoms with van der Waals surface area (Å²) in [5.41, 5.74) is 8.43. The van der Waals surface area contributed by atoms with Gasteiger partial charge in [0.15, 0.2) is 0 Å². The molecule has 0 atom stereocenters. The second-order valence-electron chi connectivity index (χ2n) is 5.54. The Morgan fingerprint density at radius 1 is 0.760 bits per heavy atom. The molecule has 0 unspecified atom stereocenters. The molecule has 0 aliphatic rings. The highest BCUT2D eigenvalue weighted by molar-refractivity contribution is 7.16. The molecule has 0 fully saturated rings. The average Bonchev–Trinajstić information content (AvgIpc) is 3.13. The number of nitrogens with one attached hydrogen (secondary N) is 2. The fraction of sp³-hybridized carbons (Fsp3) is 0.176. The van der Waals surface area contributed by atoms with Crippen molar-refractivity contribution in [3.63, 3.8) is 0 Å². The summed E-state index contributed by atoms with van der Waals surface area (Å²) in [5.74, 6) is 0. The molecular formula is C17H18N6S2. The van der Waals surface area contributed by atoms with Crippen LogP contribution in [0.4, 0.5) is 0 Å². The second-order valence-corrected chi connectivity index (χ2v) is 7.56. The Morgan fingerprint density at radius 3 is 1.64 bits per heavy atom. The van der Waals surface area contributed by atoms with E-state index < -0.39 is 0 Å². The van der Waals surface area contributed by atoms with E-state index >= 15 is 0 Å². The normalized spacial score (nSPS) is 13.0. The molecule has 0 bridgehead atoms. The molecule has 2 N–H and O–H groups in total. The summed E-state index contributed by atoms with van der Waals surface area (Å²) < 4.78 is 6.60. The first-order valence-corrected chi connectivity index (χ1v) is 9.49. The molecule has 6 nitrogen and oxygen atoms in total. The first-order valence-electron chi connectivity index (χ1n) is 7.86. The van der Waals surface area contributed by atoms with E-state index in [0.717, 1.165) is 9.60 Å². The number of para-hydroxylation sites is 2. The van der Waals surface area contributed by atoms with Crippen LogP contribution in [-0.4, -0.2) is 15.8 Å². The molecule has 2 aromatic heterocycles. The van der Waals surface area contributed by atoms with Crippen molar-refractivity contribution in [2.24, 2.45) is 24.3 Å². The van der Waals surface area contributed by atoms with Crippen molar-refractivity contribution in [1.29, 1.82) is 0 Å². The molecule has 0 saturated carbocycles. The largest absolute Gasteiger partial charge is 0.318 e. The molecule has 4 rings (SSSR count). The summed E-state index contributed by atoms with van der Waals surface area (Å²) in [7, 11) is 4.04. The van der Waals surface area contributed by atoms with Crippen molar-refractivity contribution >= 4 is 43.1 Å². The summed E-state index contributed by atoms with van der Waals surface area (Å²) in [4.78, 5) is 1.85. The van der Waals surface area contributed by atoms with Gasteiger partial charge in [0.25, 0.3) is 0 Å². The second kappa shape index (κ2) is 6.73. The van der Waals surface area contributed by atoms with Crippen molar-refractivity contribution in [2.75, 3.05) is 6.67 Å². The Bertz CT molecular complexity index is 1070. The van der Waals surface area contributed by atoms with Crippen LogP contribution in [0.5, 0.6) is 0 Å². The van der Waals surface area contributed by atoms with Crippen LogP contribution in [-0.2, 0) is 14.1 Å². The van der Waals surface area contributed by atoms with Crippen LogP contribution in [0.1, 0.15) is 0 Å². The molecule has 25 heavy (non-hydrogen) atoms. The zero-order valence-electron chi connectivity index (χ0n) is 13.9. The van der Waals surface area contributed by atoms with Gasteiger partial charge >= 0.3 is 0 Å². The highest BCUT2D eigenvalue weighted by Gasteiger charge is 2.01. The fourth-order valence-electron chi connectivity index (χ4n) is 2.63. The van der Waals surface area contributed by atoms with Crippen LogP contribution in [0, 0.1) is 0 Å². The van der Waals surface area contributed by atoms with Crippen LogP contribution in [0.2, 0.25) is 0 Å². The third-order valence-corrected chi connectivity index (χ3v) is 6.16. The molecule has 2 aromatic carbocycles. The maximum atomic E-state index is 4.44. The number of nitrogens with zero attached hydrogens (tertiary/aromatic N) is 4. The number of thiazole rings is 2. The maximum Gasteiger partial charge on any atom is 0.208 e. The molecule has 128 valence electrons. The number of aryl methyl sites for hydroxylation is 2. The van der Waals surface area contributed by atoms with Crippen LogP contribution in [0.3, 0.4) is 0 Å². The van der Waals surface area contributed by atoms with Gasteiger partial charge in [0, 0.05) is 14.1 Å². The molecular weight excluding hydrogens is 352 g/mol. The monoisotopic (exact) mass is 370 g/mol. The van der Waals surface area contributed by atoms with Gasteiger partial charge in [-0.1, -0.05) is 46.9 Å². The van der Waals surface area contributed by atoms with E-state index in [2.05, 4.69) is 54.5 Å². The Hall–Kier alpha value is -2.58. The van der Waals surface area contributed by atoms with Crippen molar-refractivity contribution < 1.29 is 0 Å². The van der Waals surface area contributed by atoms with Gasteiger partial charge in [-0.15, -0.1) is 10.2 Å². The average molecular weight is 371 g/mol. The van der Waals surface area contributed by atoms with E-state index in [1.165, 1.54) is 20.4 Å². The van der Waals surface area contributed by atoms with Crippen LogP contribution in [0.25, 0.3) is 20.4 Å². The molecule has 2 heterocycles. The predicted molar refractivity (Wildman–Crippen MR) is 104 cm³/mol. The topological polar surface area (TPSA) is 58.6 Å². The summed E-state index contributed by atoms with van der Waals surface area (Å²) in [5, 5.41) is 8.89. The number of hydrogen-bond acceptors (Lipinski definition) is 6. The summed E-state index contributed by atoms with van der Waals surface area (Å²) >= 11 is 3.31. The molecule has 0 radical (unpaired) electrons. The molecule has 0 amide bonds. The van der Waals surface area contributed by atoms with E-state index in [1.807, 2.05) is 38.4 Å². The predicted octanol–water partition coefficient (Wildman–Crippen LogP) is 2.26. The number of fused-ring (bicyclic) bond motifs is 2. The lowest BCUT2D eigenvalue weighted by atomic mass is 10.3. The summed E-state index contributed by atoms with van der Waals surface area (Å²) in [6.45, 7) is 0.461.